The molecule has 26 heavy (non-hydrogen) atoms. The molecule has 2 heterocycles. The fraction of sp³-hybridized carbons (Fsp3) is 0.238. The lowest BCUT2D eigenvalue weighted by Gasteiger charge is -2.44. The minimum absolute atomic E-state index is 0.183. The summed E-state index contributed by atoms with van der Waals surface area (Å²) in [7, 11) is 0. The second kappa shape index (κ2) is 5.73. The van der Waals surface area contributed by atoms with Gasteiger partial charge in [-0.3, -0.25) is 14.5 Å². The zero-order valence-corrected chi connectivity index (χ0v) is 14.9. The van der Waals surface area contributed by atoms with Gasteiger partial charge in [-0.05, 0) is 35.7 Å². The highest BCUT2D eigenvalue weighted by atomic mass is 16.2. The van der Waals surface area contributed by atoms with Gasteiger partial charge in [0.05, 0.1) is 5.56 Å². The molecule has 1 spiro atoms. The highest BCUT2D eigenvalue weighted by molar-refractivity contribution is 6.14. The third-order valence-corrected chi connectivity index (χ3v) is 5.11. The van der Waals surface area contributed by atoms with Crippen molar-refractivity contribution in [2.75, 3.05) is 17.2 Å². The maximum atomic E-state index is 13.2. The number of benzene rings is 2. The molecule has 2 aromatic rings. The monoisotopic (exact) mass is 347 g/mol. The van der Waals surface area contributed by atoms with E-state index in [1.807, 2.05) is 36.4 Å². The van der Waals surface area contributed by atoms with Crippen molar-refractivity contribution in [3.05, 3.63) is 71.8 Å². The second-order valence-electron chi connectivity index (χ2n) is 7.00. The molecule has 5 heteroatoms. The van der Waals surface area contributed by atoms with Gasteiger partial charge in [0.25, 0.3) is 11.8 Å². The predicted molar refractivity (Wildman–Crippen MR) is 102 cm³/mol. The molecule has 2 amide bonds. The van der Waals surface area contributed by atoms with E-state index in [9.17, 15) is 9.59 Å². The molecular formula is C21H21N3O2. The van der Waals surface area contributed by atoms with Gasteiger partial charge in [0, 0.05) is 23.5 Å². The topological polar surface area (TPSA) is 61.4 Å². The number of para-hydroxylation sites is 1. The van der Waals surface area contributed by atoms with Crippen LogP contribution in [0.5, 0.6) is 0 Å². The molecule has 2 aromatic carbocycles. The minimum Gasteiger partial charge on any atom is -0.350 e. The van der Waals surface area contributed by atoms with Crippen molar-refractivity contribution in [2.24, 2.45) is 0 Å². The van der Waals surface area contributed by atoms with Crippen molar-refractivity contribution in [2.45, 2.75) is 25.4 Å². The van der Waals surface area contributed by atoms with Crippen molar-refractivity contribution in [1.29, 1.82) is 0 Å². The van der Waals surface area contributed by atoms with Crippen molar-refractivity contribution >= 4 is 23.2 Å². The van der Waals surface area contributed by atoms with Crippen LogP contribution in [0.25, 0.3) is 0 Å². The molecule has 2 aliphatic rings. The molecule has 0 fully saturated rings. The van der Waals surface area contributed by atoms with E-state index < -0.39 is 5.66 Å². The molecule has 0 saturated carbocycles. The highest BCUT2D eigenvalue weighted by Crippen LogP contribution is 2.46. The average molecular weight is 347 g/mol. The molecule has 0 aromatic heterocycles. The lowest BCUT2D eigenvalue weighted by atomic mass is 9.90. The van der Waals surface area contributed by atoms with E-state index in [0.29, 0.717) is 17.2 Å². The van der Waals surface area contributed by atoms with Gasteiger partial charge < -0.3 is 10.6 Å². The molecule has 0 radical (unpaired) electrons. The van der Waals surface area contributed by atoms with E-state index in [4.69, 9.17) is 0 Å². The summed E-state index contributed by atoms with van der Waals surface area (Å²) >= 11 is 0. The van der Waals surface area contributed by atoms with Gasteiger partial charge in [0.1, 0.15) is 0 Å². The number of nitrogens with one attached hydrogen (secondary N) is 2. The number of rotatable bonds is 3. The first-order valence-electron chi connectivity index (χ1n) is 8.75. The van der Waals surface area contributed by atoms with Crippen molar-refractivity contribution in [1.82, 2.24) is 4.90 Å². The van der Waals surface area contributed by atoms with Gasteiger partial charge in [-0.1, -0.05) is 38.1 Å². The summed E-state index contributed by atoms with van der Waals surface area (Å²) in [5.74, 6) is -0.122. The van der Waals surface area contributed by atoms with Crippen LogP contribution in [-0.4, -0.2) is 23.3 Å². The van der Waals surface area contributed by atoms with Gasteiger partial charge in [-0.15, -0.1) is 6.58 Å². The summed E-state index contributed by atoms with van der Waals surface area (Å²) < 4.78 is 0. The first kappa shape index (κ1) is 16.4. The van der Waals surface area contributed by atoms with Crippen molar-refractivity contribution in [3.63, 3.8) is 0 Å². The maximum absolute atomic E-state index is 13.2. The second-order valence-corrected chi connectivity index (χ2v) is 7.00. The Balaban J connectivity index is 1.97. The Bertz CT molecular complexity index is 935. The van der Waals surface area contributed by atoms with E-state index in [1.165, 1.54) is 0 Å². The Morgan fingerprint density at radius 3 is 2.65 bits per heavy atom. The number of nitrogens with zero attached hydrogens (tertiary/aromatic N) is 1. The molecule has 5 nitrogen and oxygen atoms in total. The van der Waals surface area contributed by atoms with Crippen molar-refractivity contribution < 1.29 is 9.59 Å². The van der Waals surface area contributed by atoms with E-state index in [2.05, 4.69) is 31.1 Å². The quantitative estimate of drug-likeness (QED) is 0.833. The van der Waals surface area contributed by atoms with E-state index in [-0.39, 0.29) is 18.4 Å². The molecule has 1 unspecified atom stereocenters. The van der Waals surface area contributed by atoms with Crippen LogP contribution in [0.1, 0.15) is 41.3 Å². The van der Waals surface area contributed by atoms with Crippen LogP contribution in [-0.2, 0) is 10.5 Å². The summed E-state index contributed by atoms with van der Waals surface area (Å²) in [6, 6.07) is 13.2. The normalized spacial score (nSPS) is 20.7. The Hall–Kier alpha value is -3.08. The lowest BCUT2D eigenvalue weighted by Crippen LogP contribution is -2.61. The third-order valence-electron chi connectivity index (χ3n) is 5.11. The van der Waals surface area contributed by atoms with Crippen LogP contribution in [0.15, 0.2) is 55.1 Å². The van der Waals surface area contributed by atoms with Crippen molar-refractivity contribution in [3.8, 4) is 0 Å². The summed E-state index contributed by atoms with van der Waals surface area (Å²) in [4.78, 5) is 27.9. The largest absolute Gasteiger partial charge is 0.350 e. The van der Waals surface area contributed by atoms with E-state index in [1.54, 1.807) is 17.0 Å². The molecule has 0 bridgehead atoms. The summed E-state index contributed by atoms with van der Waals surface area (Å²) in [6.45, 7) is 8.25. The zero-order valence-electron chi connectivity index (χ0n) is 14.9. The molecule has 0 aliphatic carbocycles. The summed E-state index contributed by atoms with van der Waals surface area (Å²) in [5.41, 5.74) is 2.58. The van der Waals surface area contributed by atoms with Crippen LogP contribution in [0.3, 0.4) is 0 Å². The SMILES string of the molecule is C=CCN1C(=O)c2ccccc2NC12C(=O)Nc1ccc(C(C)C)cc12. The number of hydrogen-bond donors (Lipinski definition) is 2. The van der Waals surface area contributed by atoms with Crippen LogP contribution in [0, 0.1) is 0 Å². The number of fused-ring (bicyclic) bond motifs is 3. The van der Waals surface area contributed by atoms with Gasteiger partial charge in [-0.25, -0.2) is 0 Å². The standard InChI is InChI=1S/C21H21N3O2/c1-4-11-24-19(25)15-7-5-6-8-17(15)23-21(24)16-12-14(13(2)3)9-10-18(16)22-20(21)26/h4-10,12-13,23H,1,11H2,2-3H3,(H,22,26). The Labute approximate surface area is 152 Å². The number of carbonyl (C=O) groups excluding carboxylic acids is 2. The van der Waals surface area contributed by atoms with Crippen LogP contribution >= 0.6 is 0 Å². The lowest BCUT2D eigenvalue weighted by molar-refractivity contribution is -0.124. The number of amides is 2. The molecular weight excluding hydrogens is 326 g/mol. The Kier molecular flexibility index (Phi) is 3.61. The number of anilines is 2. The molecule has 0 saturated heterocycles. The fourth-order valence-corrected chi connectivity index (χ4v) is 3.74. The van der Waals surface area contributed by atoms with E-state index >= 15 is 0 Å². The van der Waals surface area contributed by atoms with Gasteiger partial charge >= 0.3 is 0 Å². The average Bonchev–Trinajstić information content (AvgIpc) is 2.90. The van der Waals surface area contributed by atoms with Crippen LogP contribution in [0.2, 0.25) is 0 Å². The van der Waals surface area contributed by atoms with Gasteiger partial charge in [0.15, 0.2) is 0 Å². The minimum atomic E-state index is -1.26. The third kappa shape index (κ3) is 2.10. The highest BCUT2D eigenvalue weighted by Gasteiger charge is 2.56. The zero-order chi connectivity index (χ0) is 18.5. The number of hydrogen-bond acceptors (Lipinski definition) is 3. The molecule has 1 atom stereocenters. The Morgan fingerprint density at radius 2 is 1.92 bits per heavy atom. The smallest absolute Gasteiger partial charge is 0.276 e. The molecule has 2 aliphatic heterocycles. The Morgan fingerprint density at radius 1 is 1.15 bits per heavy atom. The van der Waals surface area contributed by atoms with Gasteiger partial charge in [-0.2, -0.15) is 0 Å². The molecule has 4 rings (SSSR count). The first-order valence-corrected chi connectivity index (χ1v) is 8.75. The molecule has 2 N–H and O–H groups in total. The summed E-state index contributed by atoms with van der Waals surface area (Å²) in [5, 5.41) is 6.29. The van der Waals surface area contributed by atoms with Crippen LogP contribution in [0.4, 0.5) is 11.4 Å². The van der Waals surface area contributed by atoms with E-state index in [0.717, 1.165) is 16.8 Å². The number of carbonyl (C=O) groups is 2. The summed E-state index contributed by atoms with van der Waals surface area (Å²) in [6.07, 6.45) is 1.65. The van der Waals surface area contributed by atoms with Crippen LogP contribution < -0.4 is 10.6 Å². The van der Waals surface area contributed by atoms with Gasteiger partial charge in [0.2, 0.25) is 5.66 Å². The molecule has 132 valence electrons. The maximum Gasteiger partial charge on any atom is 0.276 e. The first-order chi connectivity index (χ1) is 12.5. The fourth-order valence-electron chi connectivity index (χ4n) is 3.74. The predicted octanol–water partition coefficient (Wildman–Crippen LogP) is 3.67.